The number of carbonyl (C=O) groups is 1. The van der Waals surface area contributed by atoms with Crippen molar-refractivity contribution in [2.45, 2.75) is 6.54 Å². The molecule has 0 aliphatic heterocycles. The van der Waals surface area contributed by atoms with E-state index in [-0.39, 0.29) is 11.5 Å². The summed E-state index contributed by atoms with van der Waals surface area (Å²) >= 11 is 1.52. The highest BCUT2D eigenvalue weighted by molar-refractivity contribution is 7.18. The fourth-order valence-electron chi connectivity index (χ4n) is 2.65. The standard InChI is InChI=1S/C18H13N3O2S/c22-17(20-10-12-3-1-2-7-19-12)11-4-5-13-15(9-11)21-18(23)14-6-8-24-16(13)14/h1-9H,10H2,(H,20,22)(H,21,23). The van der Waals surface area contributed by atoms with E-state index < -0.39 is 0 Å². The Morgan fingerprint density at radius 3 is 2.92 bits per heavy atom. The van der Waals surface area contributed by atoms with Crippen molar-refractivity contribution in [3.05, 3.63) is 75.7 Å². The van der Waals surface area contributed by atoms with Gasteiger partial charge in [-0.3, -0.25) is 14.6 Å². The molecule has 1 amide bonds. The first-order valence-corrected chi connectivity index (χ1v) is 8.32. The van der Waals surface area contributed by atoms with Gasteiger partial charge in [-0.1, -0.05) is 12.1 Å². The van der Waals surface area contributed by atoms with Crippen LogP contribution in [0.4, 0.5) is 0 Å². The number of aromatic amines is 1. The number of aromatic nitrogens is 2. The number of rotatable bonds is 3. The van der Waals surface area contributed by atoms with Gasteiger partial charge in [-0.25, -0.2) is 0 Å². The molecular formula is C18H13N3O2S. The summed E-state index contributed by atoms with van der Waals surface area (Å²) in [5, 5.41) is 6.36. The van der Waals surface area contributed by atoms with E-state index in [9.17, 15) is 9.59 Å². The van der Waals surface area contributed by atoms with Gasteiger partial charge in [0.25, 0.3) is 11.5 Å². The van der Waals surface area contributed by atoms with Crippen LogP contribution in [0, 0.1) is 0 Å². The maximum absolute atomic E-state index is 12.3. The van der Waals surface area contributed by atoms with Gasteiger partial charge >= 0.3 is 0 Å². The van der Waals surface area contributed by atoms with Crippen molar-refractivity contribution in [2.75, 3.05) is 0 Å². The summed E-state index contributed by atoms with van der Waals surface area (Å²) in [4.78, 5) is 31.4. The summed E-state index contributed by atoms with van der Waals surface area (Å²) in [7, 11) is 0. The van der Waals surface area contributed by atoms with E-state index in [0.29, 0.717) is 23.0 Å². The minimum Gasteiger partial charge on any atom is -0.346 e. The van der Waals surface area contributed by atoms with Crippen LogP contribution in [0.3, 0.4) is 0 Å². The Morgan fingerprint density at radius 2 is 2.08 bits per heavy atom. The number of hydrogen-bond donors (Lipinski definition) is 2. The maximum atomic E-state index is 12.3. The molecule has 118 valence electrons. The molecule has 2 N–H and O–H groups in total. The number of benzene rings is 1. The number of thiophene rings is 1. The Bertz CT molecular complexity index is 1100. The van der Waals surface area contributed by atoms with Crippen LogP contribution in [-0.4, -0.2) is 15.9 Å². The molecule has 0 aliphatic rings. The van der Waals surface area contributed by atoms with Gasteiger partial charge in [0.1, 0.15) is 0 Å². The molecule has 3 heterocycles. The zero-order chi connectivity index (χ0) is 16.5. The zero-order valence-corrected chi connectivity index (χ0v) is 13.4. The number of fused-ring (bicyclic) bond motifs is 3. The summed E-state index contributed by atoms with van der Waals surface area (Å²) in [5.41, 5.74) is 1.83. The van der Waals surface area contributed by atoms with E-state index >= 15 is 0 Å². The van der Waals surface area contributed by atoms with Gasteiger partial charge in [0.2, 0.25) is 0 Å². The minimum absolute atomic E-state index is 0.134. The van der Waals surface area contributed by atoms with Crippen molar-refractivity contribution in [3.63, 3.8) is 0 Å². The lowest BCUT2D eigenvalue weighted by atomic mass is 10.1. The summed E-state index contributed by atoms with van der Waals surface area (Å²) < 4.78 is 0.939. The van der Waals surface area contributed by atoms with Gasteiger partial charge in [-0.2, -0.15) is 0 Å². The first kappa shape index (κ1) is 14.6. The third-order valence-corrected chi connectivity index (χ3v) is 4.79. The van der Waals surface area contributed by atoms with Crippen molar-refractivity contribution < 1.29 is 4.79 Å². The smallest absolute Gasteiger partial charge is 0.257 e. The third-order valence-electron chi connectivity index (χ3n) is 3.84. The van der Waals surface area contributed by atoms with Crippen molar-refractivity contribution in [1.29, 1.82) is 0 Å². The molecule has 0 radical (unpaired) electrons. The summed E-state index contributed by atoms with van der Waals surface area (Å²) in [6.07, 6.45) is 1.69. The molecule has 4 aromatic rings. The Kier molecular flexibility index (Phi) is 3.59. The SMILES string of the molecule is O=C(NCc1ccccn1)c1ccc2c(c1)[nH]c(=O)c1ccsc12. The lowest BCUT2D eigenvalue weighted by molar-refractivity contribution is 0.0950. The lowest BCUT2D eigenvalue weighted by Gasteiger charge is -2.06. The quantitative estimate of drug-likeness (QED) is 0.604. The second-order valence-corrected chi connectivity index (χ2v) is 6.30. The van der Waals surface area contributed by atoms with Crippen molar-refractivity contribution >= 4 is 38.2 Å². The second kappa shape index (κ2) is 5.90. The maximum Gasteiger partial charge on any atom is 0.257 e. The largest absolute Gasteiger partial charge is 0.346 e. The summed E-state index contributed by atoms with van der Waals surface area (Å²) in [6.45, 7) is 0.359. The average molecular weight is 335 g/mol. The molecule has 4 rings (SSSR count). The number of nitrogens with zero attached hydrogens (tertiary/aromatic N) is 1. The van der Waals surface area contributed by atoms with Crippen LogP contribution in [0.1, 0.15) is 16.1 Å². The zero-order valence-electron chi connectivity index (χ0n) is 12.6. The number of nitrogens with one attached hydrogen (secondary N) is 2. The molecule has 0 saturated carbocycles. The molecule has 5 nitrogen and oxygen atoms in total. The average Bonchev–Trinajstić information content (AvgIpc) is 3.11. The Balaban J connectivity index is 1.66. The molecule has 0 unspecified atom stereocenters. The highest BCUT2D eigenvalue weighted by Gasteiger charge is 2.10. The van der Waals surface area contributed by atoms with Gasteiger partial charge < -0.3 is 10.3 Å². The van der Waals surface area contributed by atoms with Crippen molar-refractivity contribution in [1.82, 2.24) is 15.3 Å². The Morgan fingerprint density at radius 1 is 1.17 bits per heavy atom. The fourth-order valence-corrected chi connectivity index (χ4v) is 3.58. The van der Waals surface area contributed by atoms with Crippen LogP contribution < -0.4 is 10.9 Å². The van der Waals surface area contributed by atoms with Gasteiger partial charge in [-0.05, 0) is 35.7 Å². The van der Waals surface area contributed by atoms with E-state index in [1.54, 1.807) is 18.3 Å². The molecule has 0 saturated heterocycles. The topological polar surface area (TPSA) is 74.8 Å². The minimum atomic E-state index is -0.199. The predicted octanol–water partition coefficient (Wildman–Crippen LogP) is 3.07. The van der Waals surface area contributed by atoms with E-state index in [0.717, 1.165) is 15.8 Å². The van der Waals surface area contributed by atoms with Crippen LogP contribution in [0.2, 0.25) is 0 Å². The molecule has 0 atom stereocenters. The van der Waals surface area contributed by atoms with E-state index in [2.05, 4.69) is 15.3 Å². The molecule has 6 heteroatoms. The van der Waals surface area contributed by atoms with E-state index in [1.807, 2.05) is 35.7 Å². The van der Waals surface area contributed by atoms with Crippen LogP contribution in [0.5, 0.6) is 0 Å². The number of pyridine rings is 2. The number of H-pyrrole nitrogens is 1. The summed E-state index contributed by atoms with van der Waals surface area (Å²) in [6, 6.07) is 12.7. The van der Waals surface area contributed by atoms with E-state index in [1.165, 1.54) is 11.3 Å². The summed E-state index contributed by atoms with van der Waals surface area (Å²) in [5.74, 6) is -0.199. The van der Waals surface area contributed by atoms with Gasteiger partial charge in [0, 0.05) is 21.8 Å². The van der Waals surface area contributed by atoms with Crippen molar-refractivity contribution in [3.8, 4) is 0 Å². The monoisotopic (exact) mass is 335 g/mol. The normalized spacial score (nSPS) is 11.0. The predicted molar refractivity (Wildman–Crippen MR) is 95.4 cm³/mol. The Hall–Kier alpha value is -2.99. The fraction of sp³-hybridized carbons (Fsp3) is 0.0556. The molecule has 0 spiro atoms. The molecule has 3 aromatic heterocycles. The number of carbonyl (C=O) groups excluding carboxylic acids is 1. The molecular weight excluding hydrogens is 322 g/mol. The van der Waals surface area contributed by atoms with Gasteiger partial charge in [0.05, 0.1) is 23.1 Å². The highest BCUT2D eigenvalue weighted by atomic mass is 32.1. The van der Waals surface area contributed by atoms with Gasteiger partial charge in [0.15, 0.2) is 0 Å². The lowest BCUT2D eigenvalue weighted by Crippen LogP contribution is -2.23. The molecule has 0 aliphatic carbocycles. The van der Waals surface area contributed by atoms with Gasteiger partial charge in [-0.15, -0.1) is 11.3 Å². The number of amides is 1. The molecule has 24 heavy (non-hydrogen) atoms. The third kappa shape index (κ3) is 2.57. The van der Waals surface area contributed by atoms with E-state index in [4.69, 9.17) is 0 Å². The molecule has 1 aromatic carbocycles. The van der Waals surface area contributed by atoms with Crippen LogP contribution >= 0.6 is 11.3 Å². The van der Waals surface area contributed by atoms with Crippen LogP contribution in [-0.2, 0) is 6.54 Å². The first-order valence-electron chi connectivity index (χ1n) is 7.44. The highest BCUT2D eigenvalue weighted by Crippen LogP contribution is 2.26. The number of hydrogen-bond acceptors (Lipinski definition) is 4. The molecule has 0 bridgehead atoms. The van der Waals surface area contributed by atoms with Crippen LogP contribution in [0.25, 0.3) is 21.0 Å². The van der Waals surface area contributed by atoms with Crippen molar-refractivity contribution in [2.24, 2.45) is 0 Å². The van der Waals surface area contributed by atoms with Crippen LogP contribution in [0.15, 0.2) is 58.8 Å². The molecule has 0 fully saturated rings. The first-order chi connectivity index (χ1) is 11.7. The second-order valence-electron chi connectivity index (χ2n) is 5.38. The Labute approximate surface area is 141 Å².